The Bertz CT molecular complexity index is 337. The van der Waals surface area contributed by atoms with Gasteiger partial charge in [0.2, 0.25) is 11.7 Å². The first-order valence-electron chi connectivity index (χ1n) is 6.77. The molecule has 1 rings (SSSR count). The minimum Gasteiger partial charge on any atom is -0.373 e. The van der Waals surface area contributed by atoms with Crippen molar-refractivity contribution in [3.05, 3.63) is 11.7 Å². The SMILES string of the molecule is CCNC(CC)C(C)c1nc(C(CC)OC)no1. The Hall–Kier alpha value is -0.940. The number of hydrogen-bond acceptors (Lipinski definition) is 5. The van der Waals surface area contributed by atoms with Gasteiger partial charge in [0.15, 0.2) is 0 Å². The van der Waals surface area contributed by atoms with E-state index in [2.05, 4.69) is 36.2 Å². The van der Waals surface area contributed by atoms with E-state index in [9.17, 15) is 0 Å². The molecule has 0 radical (unpaired) electrons. The maximum absolute atomic E-state index is 5.36. The molecule has 18 heavy (non-hydrogen) atoms. The number of methoxy groups -OCH3 is 1. The molecule has 0 amide bonds. The third-order valence-electron chi connectivity index (χ3n) is 3.30. The molecule has 104 valence electrons. The van der Waals surface area contributed by atoms with Crippen molar-refractivity contribution in [2.45, 2.75) is 58.6 Å². The van der Waals surface area contributed by atoms with Gasteiger partial charge in [-0.3, -0.25) is 0 Å². The summed E-state index contributed by atoms with van der Waals surface area (Å²) < 4.78 is 10.7. The van der Waals surface area contributed by atoms with Crippen molar-refractivity contribution in [3.63, 3.8) is 0 Å². The predicted octanol–water partition coefficient (Wildman–Crippen LogP) is 2.66. The normalized spacial score (nSPS) is 16.5. The summed E-state index contributed by atoms with van der Waals surface area (Å²) in [6.45, 7) is 9.36. The smallest absolute Gasteiger partial charge is 0.231 e. The molecule has 1 aromatic rings. The van der Waals surface area contributed by atoms with E-state index in [-0.39, 0.29) is 12.0 Å². The summed E-state index contributed by atoms with van der Waals surface area (Å²) >= 11 is 0. The van der Waals surface area contributed by atoms with Crippen LogP contribution in [0.2, 0.25) is 0 Å². The van der Waals surface area contributed by atoms with E-state index in [4.69, 9.17) is 9.26 Å². The second kappa shape index (κ2) is 7.48. The zero-order chi connectivity index (χ0) is 13.5. The first-order chi connectivity index (χ1) is 8.67. The minimum atomic E-state index is -0.0751. The summed E-state index contributed by atoms with van der Waals surface area (Å²) in [5, 5.41) is 7.46. The number of hydrogen-bond donors (Lipinski definition) is 1. The molecule has 1 aromatic heterocycles. The van der Waals surface area contributed by atoms with Crippen LogP contribution >= 0.6 is 0 Å². The molecule has 5 heteroatoms. The van der Waals surface area contributed by atoms with Crippen molar-refractivity contribution in [2.24, 2.45) is 0 Å². The second-order valence-corrected chi connectivity index (χ2v) is 4.48. The summed E-state index contributed by atoms with van der Waals surface area (Å²) in [5.41, 5.74) is 0. The molecule has 0 fully saturated rings. The van der Waals surface area contributed by atoms with E-state index in [1.54, 1.807) is 7.11 Å². The lowest BCUT2D eigenvalue weighted by molar-refractivity contribution is 0.0903. The van der Waals surface area contributed by atoms with Crippen LogP contribution in [0.4, 0.5) is 0 Å². The van der Waals surface area contributed by atoms with Gasteiger partial charge >= 0.3 is 0 Å². The molecule has 0 aliphatic carbocycles. The molecule has 0 bridgehead atoms. The average Bonchev–Trinajstić information content (AvgIpc) is 2.86. The Balaban J connectivity index is 2.77. The van der Waals surface area contributed by atoms with Crippen LogP contribution in [-0.2, 0) is 4.74 Å². The largest absolute Gasteiger partial charge is 0.373 e. The Morgan fingerprint density at radius 3 is 2.50 bits per heavy atom. The number of likely N-dealkylation sites (N-methyl/N-ethyl adjacent to an activating group) is 1. The Morgan fingerprint density at radius 2 is 2.00 bits per heavy atom. The zero-order valence-electron chi connectivity index (χ0n) is 12.1. The van der Waals surface area contributed by atoms with Gasteiger partial charge in [-0.2, -0.15) is 4.98 Å². The van der Waals surface area contributed by atoms with Gasteiger partial charge in [-0.25, -0.2) is 0 Å². The highest BCUT2D eigenvalue weighted by atomic mass is 16.5. The molecule has 5 nitrogen and oxygen atoms in total. The molecule has 1 N–H and O–H groups in total. The van der Waals surface area contributed by atoms with Crippen LogP contribution < -0.4 is 5.32 Å². The van der Waals surface area contributed by atoms with Gasteiger partial charge < -0.3 is 14.6 Å². The zero-order valence-corrected chi connectivity index (χ0v) is 12.1. The van der Waals surface area contributed by atoms with E-state index in [0.717, 1.165) is 19.4 Å². The van der Waals surface area contributed by atoms with Crippen LogP contribution in [0.25, 0.3) is 0 Å². The van der Waals surface area contributed by atoms with Gasteiger partial charge in [-0.05, 0) is 19.4 Å². The summed E-state index contributed by atoms with van der Waals surface area (Å²) in [7, 11) is 1.67. The Morgan fingerprint density at radius 1 is 1.28 bits per heavy atom. The second-order valence-electron chi connectivity index (χ2n) is 4.48. The fraction of sp³-hybridized carbons (Fsp3) is 0.846. The molecule has 0 aromatic carbocycles. The van der Waals surface area contributed by atoms with Crippen LogP contribution in [0, 0.1) is 0 Å². The van der Waals surface area contributed by atoms with Gasteiger partial charge in [0, 0.05) is 13.2 Å². The topological polar surface area (TPSA) is 60.2 Å². The average molecular weight is 255 g/mol. The van der Waals surface area contributed by atoms with Gasteiger partial charge in [0.1, 0.15) is 6.10 Å². The van der Waals surface area contributed by atoms with Crippen molar-refractivity contribution < 1.29 is 9.26 Å². The molecule has 0 spiro atoms. The number of aromatic nitrogens is 2. The summed E-state index contributed by atoms with van der Waals surface area (Å²) in [6.07, 6.45) is 1.80. The molecule has 3 unspecified atom stereocenters. The molecule has 3 atom stereocenters. The van der Waals surface area contributed by atoms with Crippen LogP contribution in [0.15, 0.2) is 4.52 Å². The monoisotopic (exact) mass is 255 g/mol. The first kappa shape index (κ1) is 15.1. The maximum atomic E-state index is 5.36. The van der Waals surface area contributed by atoms with E-state index in [1.165, 1.54) is 0 Å². The maximum Gasteiger partial charge on any atom is 0.231 e. The fourth-order valence-corrected chi connectivity index (χ4v) is 2.13. The van der Waals surface area contributed by atoms with Crippen molar-refractivity contribution >= 4 is 0 Å². The fourth-order valence-electron chi connectivity index (χ4n) is 2.13. The molecule has 0 aliphatic rings. The molecule has 1 heterocycles. The third-order valence-corrected chi connectivity index (χ3v) is 3.30. The molecular weight excluding hydrogens is 230 g/mol. The number of nitrogens with zero attached hydrogens (tertiary/aromatic N) is 2. The Kier molecular flexibility index (Phi) is 6.29. The van der Waals surface area contributed by atoms with E-state index in [0.29, 0.717) is 17.8 Å². The lowest BCUT2D eigenvalue weighted by Crippen LogP contribution is -2.33. The molecule has 0 saturated carbocycles. The lowest BCUT2D eigenvalue weighted by atomic mass is 9.99. The van der Waals surface area contributed by atoms with Crippen molar-refractivity contribution in [2.75, 3.05) is 13.7 Å². The minimum absolute atomic E-state index is 0.0751. The number of rotatable bonds is 8. The number of nitrogens with one attached hydrogen (secondary N) is 1. The molecule has 0 aliphatic heterocycles. The Labute approximate surface area is 109 Å². The van der Waals surface area contributed by atoms with Crippen LogP contribution in [0.5, 0.6) is 0 Å². The summed E-state index contributed by atoms with van der Waals surface area (Å²) in [4.78, 5) is 4.46. The van der Waals surface area contributed by atoms with Crippen LogP contribution in [0.3, 0.4) is 0 Å². The van der Waals surface area contributed by atoms with Crippen molar-refractivity contribution in [1.29, 1.82) is 0 Å². The first-order valence-corrected chi connectivity index (χ1v) is 6.77. The van der Waals surface area contributed by atoms with Crippen LogP contribution in [0.1, 0.15) is 64.3 Å². The third kappa shape index (κ3) is 3.53. The van der Waals surface area contributed by atoms with Crippen molar-refractivity contribution in [3.8, 4) is 0 Å². The highest BCUT2D eigenvalue weighted by Gasteiger charge is 2.24. The molecular formula is C13H25N3O2. The van der Waals surface area contributed by atoms with E-state index >= 15 is 0 Å². The van der Waals surface area contributed by atoms with Gasteiger partial charge in [0.25, 0.3) is 0 Å². The summed E-state index contributed by atoms with van der Waals surface area (Å²) in [6, 6.07) is 0.367. The number of ether oxygens (including phenoxy) is 1. The van der Waals surface area contributed by atoms with E-state index < -0.39 is 0 Å². The molecule has 0 saturated heterocycles. The van der Waals surface area contributed by atoms with Gasteiger partial charge in [-0.1, -0.05) is 32.9 Å². The quantitative estimate of drug-likeness (QED) is 0.774. The van der Waals surface area contributed by atoms with E-state index in [1.807, 2.05) is 6.92 Å². The standard InChI is InChI=1S/C13H25N3O2/c1-6-10(14-8-3)9(4)13-15-12(16-18-13)11(7-2)17-5/h9-11,14H,6-8H2,1-5H3. The van der Waals surface area contributed by atoms with Crippen LogP contribution in [-0.4, -0.2) is 29.8 Å². The lowest BCUT2D eigenvalue weighted by Gasteiger charge is -2.20. The highest BCUT2D eigenvalue weighted by molar-refractivity contribution is 4.99. The highest BCUT2D eigenvalue weighted by Crippen LogP contribution is 2.23. The van der Waals surface area contributed by atoms with Gasteiger partial charge in [-0.15, -0.1) is 0 Å². The van der Waals surface area contributed by atoms with Crippen molar-refractivity contribution in [1.82, 2.24) is 15.5 Å². The summed E-state index contributed by atoms with van der Waals surface area (Å²) in [5.74, 6) is 1.55. The van der Waals surface area contributed by atoms with Gasteiger partial charge in [0.05, 0.1) is 5.92 Å². The predicted molar refractivity (Wildman–Crippen MR) is 70.5 cm³/mol.